The third-order valence-electron chi connectivity index (χ3n) is 7.61. The van der Waals surface area contributed by atoms with Crippen molar-refractivity contribution in [2.45, 2.75) is 55.6 Å². The van der Waals surface area contributed by atoms with Gasteiger partial charge in [0, 0.05) is 6.54 Å². The van der Waals surface area contributed by atoms with E-state index in [1.807, 2.05) is 25.1 Å². The molecule has 38 heavy (non-hydrogen) atoms. The summed E-state index contributed by atoms with van der Waals surface area (Å²) in [7, 11) is -3.76. The summed E-state index contributed by atoms with van der Waals surface area (Å²) in [4.78, 5) is 26.9. The quantitative estimate of drug-likeness (QED) is 0.404. The summed E-state index contributed by atoms with van der Waals surface area (Å²) in [5.41, 5.74) is 4.55. The summed E-state index contributed by atoms with van der Waals surface area (Å²) in [5, 5.41) is 17.7. The first-order valence-corrected chi connectivity index (χ1v) is 14.2. The van der Waals surface area contributed by atoms with Crippen LogP contribution in [0, 0.1) is 6.92 Å². The van der Waals surface area contributed by atoms with E-state index < -0.39 is 21.5 Å². The van der Waals surface area contributed by atoms with Crippen molar-refractivity contribution in [1.82, 2.24) is 10.2 Å². The van der Waals surface area contributed by atoms with Crippen LogP contribution < -0.4 is 10.5 Å². The van der Waals surface area contributed by atoms with Gasteiger partial charge in [0.25, 0.3) is 0 Å². The number of nitrogens with zero attached hydrogens (tertiary/aromatic N) is 1. The molecule has 1 heterocycles. The van der Waals surface area contributed by atoms with Crippen molar-refractivity contribution in [3.8, 4) is 11.1 Å². The zero-order valence-electron chi connectivity index (χ0n) is 21.2. The molecule has 0 bridgehead atoms. The van der Waals surface area contributed by atoms with Gasteiger partial charge in [0.1, 0.15) is 0 Å². The lowest BCUT2D eigenvalue weighted by atomic mass is 9.98. The Balaban J connectivity index is 1.29. The summed E-state index contributed by atoms with van der Waals surface area (Å²) in [6, 6.07) is 19.5. The Morgan fingerprint density at radius 3 is 2.45 bits per heavy atom. The number of carbonyl (C=O) groups excluding carboxylic acids is 1. The number of hydrogen-bond acceptors (Lipinski definition) is 5. The Hall–Kier alpha value is -3.53. The Labute approximate surface area is 222 Å². The van der Waals surface area contributed by atoms with Gasteiger partial charge in [-0.3, -0.25) is 9.69 Å². The number of nitrogens with two attached hydrogens (primary N) is 1. The molecule has 1 amide bonds. The fourth-order valence-electron chi connectivity index (χ4n) is 5.38. The van der Waals surface area contributed by atoms with Crippen molar-refractivity contribution < 1.29 is 23.1 Å². The van der Waals surface area contributed by atoms with Crippen molar-refractivity contribution in [2.75, 3.05) is 6.54 Å². The molecule has 8 nitrogen and oxygen atoms in total. The number of likely N-dealkylation sites (tertiary alicyclic amines) is 1. The first kappa shape index (κ1) is 26.1. The second-order valence-electron chi connectivity index (χ2n) is 10.3. The van der Waals surface area contributed by atoms with Crippen LogP contribution in [0.2, 0.25) is 0 Å². The summed E-state index contributed by atoms with van der Waals surface area (Å²) < 4.78 is 23.4. The minimum atomic E-state index is -3.76. The molecule has 198 valence electrons. The molecule has 0 aromatic heterocycles. The van der Waals surface area contributed by atoms with E-state index in [1.54, 1.807) is 36.4 Å². The SMILES string of the molecule is Cc1cc(S(N)(=O)=O)ccc1-c1cccc(CN2CCC[C@@H]2C(=O)NC2(c3ccc(C(=O)O)cc3)CC2)c1. The molecule has 0 unspecified atom stereocenters. The van der Waals surface area contributed by atoms with Crippen LogP contribution >= 0.6 is 0 Å². The first-order valence-electron chi connectivity index (χ1n) is 12.7. The Morgan fingerprint density at radius 1 is 1.08 bits per heavy atom. The second kappa shape index (κ2) is 9.98. The number of amides is 1. The van der Waals surface area contributed by atoms with Crippen LogP contribution in [0.15, 0.2) is 71.6 Å². The second-order valence-corrected chi connectivity index (χ2v) is 11.9. The average Bonchev–Trinajstić information content (AvgIpc) is 3.51. The van der Waals surface area contributed by atoms with Gasteiger partial charge in [-0.1, -0.05) is 36.4 Å². The van der Waals surface area contributed by atoms with Gasteiger partial charge in [0.05, 0.1) is 22.0 Å². The smallest absolute Gasteiger partial charge is 0.335 e. The normalized spacial score (nSPS) is 18.7. The van der Waals surface area contributed by atoms with E-state index in [-0.39, 0.29) is 22.4 Å². The van der Waals surface area contributed by atoms with Crippen molar-refractivity contribution in [3.63, 3.8) is 0 Å². The number of benzene rings is 3. The highest BCUT2D eigenvalue weighted by Crippen LogP contribution is 2.46. The molecule has 1 aliphatic carbocycles. The molecular weight excluding hydrogens is 502 g/mol. The molecule has 3 aromatic rings. The summed E-state index contributed by atoms with van der Waals surface area (Å²) in [5.74, 6) is -0.959. The van der Waals surface area contributed by atoms with Gasteiger partial charge in [-0.2, -0.15) is 0 Å². The van der Waals surface area contributed by atoms with Crippen LogP contribution in [-0.4, -0.2) is 42.9 Å². The van der Waals surface area contributed by atoms with Crippen LogP contribution in [0.4, 0.5) is 0 Å². The maximum atomic E-state index is 13.4. The molecule has 4 N–H and O–H groups in total. The predicted molar refractivity (Wildman–Crippen MR) is 144 cm³/mol. The molecule has 5 rings (SSSR count). The topological polar surface area (TPSA) is 130 Å². The van der Waals surface area contributed by atoms with Crippen molar-refractivity contribution >= 4 is 21.9 Å². The first-order chi connectivity index (χ1) is 18.1. The molecule has 1 saturated carbocycles. The zero-order chi connectivity index (χ0) is 27.1. The third-order valence-corrected chi connectivity index (χ3v) is 8.52. The molecule has 2 fully saturated rings. The molecule has 0 spiro atoms. The highest BCUT2D eigenvalue weighted by molar-refractivity contribution is 7.89. The van der Waals surface area contributed by atoms with E-state index >= 15 is 0 Å². The van der Waals surface area contributed by atoms with E-state index in [0.29, 0.717) is 6.54 Å². The fraction of sp³-hybridized carbons (Fsp3) is 0.310. The van der Waals surface area contributed by atoms with E-state index in [9.17, 15) is 18.0 Å². The van der Waals surface area contributed by atoms with Gasteiger partial charge in [0.2, 0.25) is 15.9 Å². The molecule has 1 saturated heterocycles. The predicted octanol–water partition coefficient (Wildman–Crippen LogP) is 3.78. The number of rotatable bonds is 8. The van der Waals surface area contributed by atoms with Gasteiger partial charge in [-0.15, -0.1) is 0 Å². The average molecular weight is 534 g/mol. The number of nitrogens with one attached hydrogen (secondary N) is 1. The molecule has 9 heteroatoms. The number of carboxylic acid groups (broad SMARTS) is 1. The van der Waals surface area contributed by atoms with Gasteiger partial charge in [-0.25, -0.2) is 18.4 Å². The van der Waals surface area contributed by atoms with Crippen LogP contribution in [0.3, 0.4) is 0 Å². The lowest BCUT2D eigenvalue weighted by Gasteiger charge is -2.27. The van der Waals surface area contributed by atoms with Crippen LogP contribution in [0.5, 0.6) is 0 Å². The number of sulfonamides is 1. The lowest BCUT2D eigenvalue weighted by Crippen LogP contribution is -2.46. The summed E-state index contributed by atoms with van der Waals surface area (Å²) in [6.45, 7) is 3.31. The minimum Gasteiger partial charge on any atom is -0.478 e. The number of hydrogen-bond donors (Lipinski definition) is 3. The molecule has 3 aromatic carbocycles. The Kier molecular flexibility index (Phi) is 6.85. The number of primary sulfonamides is 1. The van der Waals surface area contributed by atoms with E-state index in [1.165, 1.54) is 6.07 Å². The Morgan fingerprint density at radius 2 is 1.82 bits per heavy atom. The van der Waals surface area contributed by atoms with Crippen LogP contribution in [0.1, 0.15) is 52.7 Å². The highest BCUT2D eigenvalue weighted by Gasteiger charge is 2.47. The minimum absolute atomic E-state index is 0.00731. The Bertz CT molecular complexity index is 1500. The maximum absolute atomic E-state index is 13.4. The number of carbonyl (C=O) groups is 2. The summed E-state index contributed by atoms with van der Waals surface area (Å²) in [6.07, 6.45) is 3.40. The summed E-state index contributed by atoms with van der Waals surface area (Å²) >= 11 is 0. The largest absolute Gasteiger partial charge is 0.478 e. The standard InChI is InChI=1S/C29H31N3O5S/c1-19-16-24(38(30,36)37)11-12-25(19)22-5-2-4-20(17-22)18-32-15-3-6-26(32)27(33)31-29(13-14-29)23-9-7-21(8-10-23)28(34)35/h2,4-5,7-12,16-17,26H,3,6,13-15,18H2,1H3,(H,31,33)(H,34,35)(H2,30,36,37)/t26-/m1/s1. The van der Waals surface area contributed by atoms with Gasteiger partial charge in [0.15, 0.2) is 0 Å². The van der Waals surface area contributed by atoms with Crippen molar-refractivity contribution in [1.29, 1.82) is 0 Å². The monoisotopic (exact) mass is 533 g/mol. The zero-order valence-corrected chi connectivity index (χ0v) is 22.0. The van der Waals surface area contributed by atoms with Crippen molar-refractivity contribution in [2.24, 2.45) is 5.14 Å². The molecule has 1 aliphatic heterocycles. The van der Waals surface area contributed by atoms with Gasteiger partial charge >= 0.3 is 5.97 Å². The lowest BCUT2D eigenvalue weighted by molar-refractivity contribution is -0.126. The number of aryl methyl sites for hydroxylation is 1. The van der Waals surface area contributed by atoms with E-state index in [4.69, 9.17) is 10.2 Å². The molecule has 2 aliphatic rings. The maximum Gasteiger partial charge on any atom is 0.335 e. The van der Waals surface area contributed by atoms with Crippen LogP contribution in [0.25, 0.3) is 11.1 Å². The third kappa shape index (κ3) is 5.36. The number of carboxylic acids is 1. The fourth-order valence-corrected chi connectivity index (χ4v) is 5.98. The number of aromatic carboxylic acids is 1. The highest BCUT2D eigenvalue weighted by atomic mass is 32.2. The molecule has 1 atom stereocenters. The van der Waals surface area contributed by atoms with Gasteiger partial charge < -0.3 is 10.4 Å². The van der Waals surface area contributed by atoms with E-state index in [0.717, 1.165) is 60.0 Å². The van der Waals surface area contributed by atoms with E-state index in [2.05, 4.69) is 16.3 Å². The molecular formula is C29H31N3O5S. The van der Waals surface area contributed by atoms with Crippen molar-refractivity contribution in [3.05, 3.63) is 89.0 Å². The molecule has 0 radical (unpaired) electrons. The van der Waals surface area contributed by atoms with Gasteiger partial charge in [-0.05, 0) is 97.3 Å². The van der Waals surface area contributed by atoms with Crippen LogP contribution in [-0.2, 0) is 26.9 Å².